The molecule has 0 aliphatic heterocycles. The number of ether oxygens (including phenoxy) is 1. The maximum atomic E-state index is 12.8. The van der Waals surface area contributed by atoms with E-state index in [0.717, 1.165) is 5.56 Å². The van der Waals surface area contributed by atoms with Crippen molar-refractivity contribution in [3.63, 3.8) is 0 Å². The molecule has 23 heavy (non-hydrogen) atoms. The lowest BCUT2D eigenvalue weighted by atomic mass is 10.1. The van der Waals surface area contributed by atoms with Gasteiger partial charge in [0.05, 0.1) is 18.1 Å². The Labute approximate surface area is 135 Å². The van der Waals surface area contributed by atoms with Crippen LogP contribution < -0.4 is 10.5 Å². The fourth-order valence-corrected chi connectivity index (χ4v) is 5.17. The molecule has 3 rings (SSSR count). The van der Waals surface area contributed by atoms with Crippen LogP contribution in [0.15, 0.2) is 59.5 Å². The summed E-state index contributed by atoms with van der Waals surface area (Å²) in [6.45, 7) is 0. The van der Waals surface area contributed by atoms with Crippen molar-refractivity contribution in [3.8, 4) is 11.8 Å². The van der Waals surface area contributed by atoms with E-state index in [1.54, 1.807) is 49.6 Å². The van der Waals surface area contributed by atoms with Crippen LogP contribution in [0.1, 0.15) is 11.5 Å². The molecule has 0 unspecified atom stereocenters. The molecule has 3 atom stereocenters. The zero-order valence-corrected chi connectivity index (χ0v) is 13.3. The van der Waals surface area contributed by atoms with Gasteiger partial charge in [0.25, 0.3) is 0 Å². The van der Waals surface area contributed by atoms with Gasteiger partial charge in [-0.05, 0) is 29.8 Å². The van der Waals surface area contributed by atoms with Gasteiger partial charge in [-0.2, -0.15) is 5.26 Å². The number of sulfone groups is 1. The Hall–Kier alpha value is -2.36. The Balaban J connectivity index is 2.01. The van der Waals surface area contributed by atoms with Gasteiger partial charge >= 0.3 is 0 Å². The van der Waals surface area contributed by atoms with Gasteiger partial charge in [0.2, 0.25) is 0 Å². The summed E-state index contributed by atoms with van der Waals surface area (Å²) in [4.78, 5) is 0.186. The normalized spacial score (nSPS) is 26.3. The zero-order chi connectivity index (χ0) is 16.7. The lowest BCUT2D eigenvalue weighted by molar-refractivity contribution is 0.414. The second kappa shape index (κ2) is 5.37. The molecule has 0 spiro atoms. The average molecular weight is 328 g/mol. The second-order valence-electron chi connectivity index (χ2n) is 5.57. The van der Waals surface area contributed by atoms with Crippen LogP contribution in [0.5, 0.6) is 5.75 Å². The molecule has 1 fully saturated rings. The SMILES string of the molecule is COc1ccc([C@@H]2[C@H](S(=O)(=O)c3ccccc3)[C@]2(N)C#N)cc1. The molecule has 2 aromatic carbocycles. The number of methoxy groups -OCH3 is 1. The average Bonchev–Trinajstić information content (AvgIpc) is 3.23. The Morgan fingerprint density at radius 3 is 2.26 bits per heavy atom. The summed E-state index contributed by atoms with van der Waals surface area (Å²) in [7, 11) is -2.12. The quantitative estimate of drug-likeness (QED) is 0.924. The predicted octanol–water partition coefficient (Wildman–Crippen LogP) is 1.86. The van der Waals surface area contributed by atoms with Gasteiger partial charge < -0.3 is 10.5 Å². The number of hydrogen-bond acceptors (Lipinski definition) is 5. The largest absolute Gasteiger partial charge is 0.497 e. The molecule has 1 aliphatic carbocycles. The monoisotopic (exact) mass is 328 g/mol. The predicted molar refractivity (Wildman–Crippen MR) is 85.7 cm³/mol. The van der Waals surface area contributed by atoms with Crippen molar-refractivity contribution in [2.75, 3.05) is 7.11 Å². The number of rotatable bonds is 4. The van der Waals surface area contributed by atoms with E-state index in [4.69, 9.17) is 10.5 Å². The van der Waals surface area contributed by atoms with Crippen molar-refractivity contribution >= 4 is 9.84 Å². The first-order valence-electron chi connectivity index (χ1n) is 7.08. The minimum absolute atomic E-state index is 0.186. The highest BCUT2D eigenvalue weighted by Gasteiger charge is 2.70. The lowest BCUT2D eigenvalue weighted by Gasteiger charge is -2.04. The Kier molecular flexibility index (Phi) is 3.63. The summed E-state index contributed by atoms with van der Waals surface area (Å²) in [5.74, 6) is 0.111. The third-order valence-corrected chi connectivity index (χ3v) is 6.51. The smallest absolute Gasteiger partial charge is 0.184 e. The van der Waals surface area contributed by atoms with Crippen LogP contribution in [0.3, 0.4) is 0 Å². The van der Waals surface area contributed by atoms with Gasteiger partial charge in [0.15, 0.2) is 9.84 Å². The molecule has 0 radical (unpaired) electrons. The second-order valence-corrected chi connectivity index (χ2v) is 7.64. The molecule has 1 saturated carbocycles. The molecule has 0 amide bonds. The number of nitrogens with two attached hydrogens (primary N) is 1. The van der Waals surface area contributed by atoms with Crippen molar-refractivity contribution < 1.29 is 13.2 Å². The Morgan fingerprint density at radius 2 is 1.74 bits per heavy atom. The van der Waals surface area contributed by atoms with Crippen LogP contribution in [0, 0.1) is 11.3 Å². The number of benzene rings is 2. The molecular weight excluding hydrogens is 312 g/mol. The van der Waals surface area contributed by atoms with Crippen LogP contribution >= 0.6 is 0 Å². The first-order valence-corrected chi connectivity index (χ1v) is 8.63. The fraction of sp³-hybridized carbons (Fsp3) is 0.235. The van der Waals surface area contributed by atoms with Crippen molar-refractivity contribution in [1.29, 1.82) is 5.26 Å². The van der Waals surface area contributed by atoms with Gasteiger partial charge in [0.1, 0.15) is 16.5 Å². The number of nitriles is 1. The molecule has 6 heteroatoms. The van der Waals surface area contributed by atoms with Crippen molar-refractivity contribution in [2.24, 2.45) is 5.73 Å². The van der Waals surface area contributed by atoms with E-state index in [1.165, 1.54) is 12.1 Å². The standard InChI is InChI=1S/C17H16N2O3S/c1-22-13-9-7-12(8-10-13)15-16(17(15,19)11-18)23(20,21)14-5-3-2-4-6-14/h2-10,15-16H,19H2,1H3/t15-,16+,17+/m1/s1. The van der Waals surface area contributed by atoms with Crippen molar-refractivity contribution in [1.82, 2.24) is 0 Å². The van der Waals surface area contributed by atoms with Gasteiger partial charge in [-0.15, -0.1) is 0 Å². The topological polar surface area (TPSA) is 93.2 Å². The fourth-order valence-electron chi connectivity index (χ4n) is 2.96. The maximum Gasteiger partial charge on any atom is 0.184 e. The van der Waals surface area contributed by atoms with Crippen LogP contribution in [-0.4, -0.2) is 26.3 Å². The Bertz CT molecular complexity index is 857. The van der Waals surface area contributed by atoms with E-state index < -0.39 is 26.5 Å². The van der Waals surface area contributed by atoms with Crippen molar-refractivity contribution in [3.05, 3.63) is 60.2 Å². The highest BCUT2D eigenvalue weighted by molar-refractivity contribution is 7.92. The zero-order valence-electron chi connectivity index (χ0n) is 12.5. The number of hydrogen-bond donors (Lipinski definition) is 1. The Morgan fingerprint density at radius 1 is 1.13 bits per heavy atom. The van der Waals surface area contributed by atoms with Crippen LogP contribution in [0.25, 0.3) is 0 Å². The third-order valence-electron chi connectivity index (χ3n) is 4.25. The van der Waals surface area contributed by atoms with Gasteiger partial charge in [-0.25, -0.2) is 8.42 Å². The third kappa shape index (κ3) is 2.38. The summed E-state index contributed by atoms with van der Waals surface area (Å²) < 4.78 is 30.7. The van der Waals surface area contributed by atoms with E-state index in [0.29, 0.717) is 5.75 Å². The molecule has 5 nitrogen and oxygen atoms in total. The summed E-state index contributed by atoms with van der Waals surface area (Å²) in [6.07, 6.45) is 0. The van der Waals surface area contributed by atoms with E-state index >= 15 is 0 Å². The van der Waals surface area contributed by atoms with Crippen LogP contribution in [0.2, 0.25) is 0 Å². The van der Waals surface area contributed by atoms with E-state index in [9.17, 15) is 13.7 Å². The van der Waals surface area contributed by atoms with E-state index in [1.807, 2.05) is 6.07 Å². The minimum atomic E-state index is -3.68. The highest BCUT2D eigenvalue weighted by Crippen LogP contribution is 2.55. The van der Waals surface area contributed by atoms with Gasteiger partial charge in [0, 0.05) is 5.92 Å². The summed E-state index contributed by atoms with van der Waals surface area (Å²) in [6, 6.07) is 17.1. The molecule has 118 valence electrons. The van der Waals surface area contributed by atoms with Gasteiger partial charge in [-0.1, -0.05) is 30.3 Å². The van der Waals surface area contributed by atoms with E-state index in [2.05, 4.69) is 0 Å². The molecule has 2 N–H and O–H groups in total. The van der Waals surface area contributed by atoms with Crippen LogP contribution in [0.4, 0.5) is 0 Å². The van der Waals surface area contributed by atoms with Gasteiger partial charge in [-0.3, -0.25) is 0 Å². The summed E-state index contributed by atoms with van der Waals surface area (Å²) in [5.41, 5.74) is 5.40. The highest BCUT2D eigenvalue weighted by atomic mass is 32.2. The summed E-state index contributed by atoms with van der Waals surface area (Å²) in [5, 5.41) is 8.47. The molecule has 2 aromatic rings. The van der Waals surface area contributed by atoms with E-state index in [-0.39, 0.29) is 4.90 Å². The molecule has 0 saturated heterocycles. The molecule has 0 bridgehead atoms. The molecule has 1 aliphatic rings. The van der Waals surface area contributed by atoms with Crippen molar-refractivity contribution in [2.45, 2.75) is 21.6 Å². The first-order chi connectivity index (χ1) is 10.9. The molecule has 0 heterocycles. The maximum absolute atomic E-state index is 12.8. The number of nitrogens with zero attached hydrogens (tertiary/aromatic N) is 1. The first kappa shape index (κ1) is 15.5. The van der Waals surface area contributed by atoms with Crippen LogP contribution in [-0.2, 0) is 9.84 Å². The summed E-state index contributed by atoms with van der Waals surface area (Å²) >= 11 is 0. The molecule has 0 aromatic heterocycles. The lowest BCUT2D eigenvalue weighted by Crippen LogP contribution is -2.29. The molecular formula is C17H16N2O3S. The minimum Gasteiger partial charge on any atom is -0.497 e.